The van der Waals surface area contributed by atoms with Gasteiger partial charge in [0.05, 0.1) is 24.7 Å². The molecule has 2 aromatic heterocycles. The molecule has 0 saturated heterocycles. The summed E-state index contributed by atoms with van der Waals surface area (Å²) in [6.45, 7) is 4.15. The lowest BCUT2D eigenvalue weighted by Gasteiger charge is -2.23. The van der Waals surface area contributed by atoms with E-state index in [0.717, 1.165) is 24.1 Å². The van der Waals surface area contributed by atoms with E-state index in [1.165, 1.54) is 12.1 Å². The molecule has 1 N–H and O–H groups in total. The van der Waals surface area contributed by atoms with Crippen molar-refractivity contribution in [1.29, 1.82) is 0 Å². The molecule has 28 heavy (non-hydrogen) atoms. The molecular weight excluding hydrogens is 379 g/mol. The van der Waals surface area contributed by atoms with E-state index in [-0.39, 0.29) is 23.2 Å². The molecule has 0 spiro atoms. The van der Waals surface area contributed by atoms with Gasteiger partial charge < -0.3 is 10.1 Å². The molecule has 1 aliphatic carbocycles. The minimum Gasteiger partial charge on any atom is -0.489 e. The molecule has 8 heteroatoms. The quantitative estimate of drug-likeness (QED) is 0.799. The number of carbonyl (C=O) groups excluding carboxylic acids is 1. The fraction of sp³-hybridized carbons (Fsp3) is 0.400. The number of anilines is 1. The minimum atomic E-state index is -0.434. The van der Waals surface area contributed by atoms with Crippen molar-refractivity contribution in [3.63, 3.8) is 0 Å². The number of halogens is 1. The largest absolute Gasteiger partial charge is 0.489 e. The van der Waals surface area contributed by atoms with Gasteiger partial charge in [-0.3, -0.25) is 4.79 Å². The number of nitrogens with zero attached hydrogens (tertiary/aromatic N) is 3. The molecular formula is C20H21FN4O2S. The van der Waals surface area contributed by atoms with Crippen LogP contribution in [0.4, 0.5) is 10.2 Å². The van der Waals surface area contributed by atoms with Crippen molar-refractivity contribution < 1.29 is 13.9 Å². The Kier molecular flexibility index (Phi) is 5.05. The number of thioether (sulfide) groups is 1. The van der Waals surface area contributed by atoms with E-state index in [9.17, 15) is 9.18 Å². The number of ether oxygens (including phenoxy) is 1. The standard InChI is InChI=1S/C20H21FN4O2S/c1-12-17(9-22-13(2)24-12)27-11-20(14-5-6-28-10-14)7-16(20)19(26)25-18-4-3-15(21)8-23-18/h3-6,8-9,14,16H,7,10-11H2,1-2H3,(H,23,25,26)/t14?,16-,20+/m0/s1. The number of nitrogens with one attached hydrogen (secondary N) is 1. The molecule has 2 aliphatic rings. The molecule has 1 saturated carbocycles. The lowest BCUT2D eigenvalue weighted by molar-refractivity contribution is -0.118. The van der Waals surface area contributed by atoms with Crippen LogP contribution in [0.25, 0.3) is 0 Å². The van der Waals surface area contributed by atoms with Crippen molar-refractivity contribution >= 4 is 23.5 Å². The van der Waals surface area contributed by atoms with Crippen LogP contribution in [0.1, 0.15) is 17.9 Å². The number of aryl methyl sites for hydroxylation is 2. The van der Waals surface area contributed by atoms with Crippen molar-refractivity contribution in [2.75, 3.05) is 17.7 Å². The highest BCUT2D eigenvalue weighted by Crippen LogP contribution is 2.60. The lowest BCUT2D eigenvalue weighted by Crippen LogP contribution is -2.29. The Morgan fingerprint density at radius 2 is 2.21 bits per heavy atom. The Morgan fingerprint density at radius 1 is 1.36 bits per heavy atom. The van der Waals surface area contributed by atoms with E-state index in [4.69, 9.17) is 4.74 Å². The van der Waals surface area contributed by atoms with Crippen LogP contribution in [0, 0.1) is 36.9 Å². The Morgan fingerprint density at radius 3 is 2.89 bits per heavy atom. The van der Waals surface area contributed by atoms with Gasteiger partial charge in [0.15, 0.2) is 5.75 Å². The molecule has 3 atom stereocenters. The van der Waals surface area contributed by atoms with Crippen molar-refractivity contribution in [2.45, 2.75) is 20.3 Å². The van der Waals surface area contributed by atoms with Crippen LogP contribution in [-0.4, -0.2) is 33.2 Å². The normalized spacial score (nSPS) is 25.5. The summed E-state index contributed by atoms with van der Waals surface area (Å²) < 4.78 is 19.1. The van der Waals surface area contributed by atoms with Crippen LogP contribution in [0.3, 0.4) is 0 Å². The number of hydrogen-bond acceptors (Lipinski definition) is 6. The first-order valence-corrected chi connectivity index (χ1v) is 10.2. The fourth-order valence-electron chi connectivity index (χ4n) is 3.66. The number of amides is 1. The van der Waals surface area contributed by atoms with Gasteiger partial charge in [-0.1, -0.05) is 6.08 Å². The lowest BCUT2D eigenvalue weighted by atomic mass is 9.88. The topological polar surface area (TPSA) is 77.0 Å². The third-order valence-corrected chi connectivity index (χ3v) is 6.29. The average molecular weight is 400 g/mol. The van der Waals surface area contributed by atoms with Crippen molar-refractivity contribution in [1.82, 2.24) is 15.0 Å². The van der Waals surface area contributed by atoms with E-state index in [2.05, 4.69) is 31.8 Å². The van der Waals surface area contributed by atoms with Crippen molar-refractivity contribution in [2.24, 2.45) is 17.3 Å². The molecule has 0 bridgehead atoms. The van der Waals surface area contributed by atoms with Gasteiger partial charge in [0, 0.05) is 17.1 Å². The van der Waals surface area contributed by atoms with Gasteiger partial charge in [-0.2, -0.15) is 0 Å². The van der Waals surface area contributed by atoms with Crippen LogP contribution in [0.2, 0.25) is 0 Å². The number of aromatic nitrogens is 3. The molecule has 1 fully saturated rings. The first-order valence-electron chi connectivity index (χ1n) is 9.12. The van der Waals surface area contributed by atoms with Gasteiger partial charge in [0.25, 0.3) is 0 Å². The van der Waals surface area contributed by atoms with Gasteiger partial charge in [0.1, 0.15) is 17.5 Å². The summed E-state index contributed by atoms with van der Waals surface area (Å²) in [5, 5.41) is 4.88. The summed E-state index contributed by atoms with van der Waals surface area (Å²) in [4.78, 5) is 25.3. The Hall–Kier alpha value is -2.48. The molecule has 1 aliphatic heterocycles. The second-order valence-corrected chi connectivity index (χ2v) is 8.20. The highest BCUT2D eigenvalue weighted by atomic mass is 32.2. The summed E-state index contributed by atoms with van der Waals surface area (Å²) in [7, 11) is 0. The number of hydrogen-bond donors (Lipinski definition) is 1. The first-order chi connectivity index (χ1) is 13.5. The monoisotopic (exact) mass is 400 g/mol. The van der Waals surface area contributed by atoms with Gasteiger partial charge in [-0.25, -0.2) is 19.3 Å². The number of pyridine rings is 1. The highest BCUT2D eigenvalue weighted by molar-refractivity contribution is 8.02. The van der Waals surface area contributed by atoms with Crippen molar-refractivity contribution in [3.05, 3.63) is 53.3 Å². The number of carbonyl (C=O) groups is 1. The van der Waals surface area contributed by atoms with Gasteiger partial charge >= 0.3 is 0 Å². The predicted octanol–water partition coefficient (Wildman–Crippen LogP) is 3.53. The molecule has 0 radical (unpaired) electrons. The minimum absolute atomic E-state index is 0.107. The van der Waals surface area contributed by atoms with E-state index >= 15 is 0 Å². The summed E-state index contributed by atoms with van der Waals surface area (Å²) in [6, 6.07) is 2.74. The van der Waals surface area contributed by atoms with Crippen LogP contribution in [-0.2, 0) is 4.79 Å². The third-order valence-electron chi connectivity index (χ3n) is 5.39. The van der Waals surface area contributed by atoms with Crippen LogP contribution in [0.15, 0.2) is 36.0 Å². The summed E-state index contributed by atoms with van der Waals surface area (Å²) in [5.41, 5.74) is 0.526. The number of allylic oxidation sites excluding steroid dienone is 1. The van der Waals surface area contributed by atoms with E-state index in [1.807, 2.05) is 13.8 Å². The highest BCUT2D eigenvalue weighted by Gasteiger charge is 2.62. The molecule has 0 aromatic carbocycles. The maximum atomic E-state index is 13.0. The smallest absolute Gasteiger partial charge is 0.229 e. The number of rotatable bonds is 6. The average Bonchev–Trinajstić information content (AvgIpc) is 3.14. The van der Waals surface area contributed by atoms with Crippen LogP contribution >= 0.6 is 11.8 Å². The molecule has 1 amide bonds. The maximum absolute atomic E-state index is 13.0. The SMILES string of the molecule is Cc1ncc(OC[C@@]2(C3C=CSC3)C[C@H]2C(=O)Nc2ccc(F)cn2)c(C)n1. The zero-order valence-corrected chi connectivity index (χ0v) is 16.5. The Labute approximate surface area is 167 Å². The molecule has 6 nitrogen and oxygen atoms in total. The van der Waals surface area contributed by atoms with Gasteiger partial charge in [-0.05, 0) is 43.7 Å². The van der Waals surface area contributed by atoms with E-state index in [0.29, 0.717) is 24.0 Å². The molecule has 2 aromatic rings. The zero-order chi connectivity index (χ0) is 19.7. The van der Waals surface area contributed by atoms with Crippen LogP contribution < -0.4 is 10.1 Å². The van der Waals surface area contributed by atoms with E-state index < -0.39 is 5.82 Å². The van der Waals surface area contributed by atoms with Crippen LogP contribution in [0.5, 0.6) is 5.75 Å². The summed E-state index contributed by atoms with van der Waals surface area (Å²) >= 11 is 1.75. The molecule has 146 valence electrons. The summed E-state index contributed by atoms with van der Waals surface area (Å²) in [6.07, 6.45) is 5.68. The van der Waals surface area contributed by atoms with Gasteiger partial charge in [0.2, 0.25) is 5.91 Å². The molecule has 3 heterocycles. The Bertz CT molecular complexity index is 921. The zero-order valence-electron chi connectivity index (χ0n) is 15.7. The van der Waals surface area contributed by atoms with Gasteiger partial charge in [-0.15, -0.1) is 11.8 Å². The maximum Gasteiger partial charge on any atom is 0.229 e. The molecule has 1 unspecified atom stereocenters. The third kappa shape index (κ3) is 3.73. The first kappa shape index (κ1) is 18.9. The molecule has 4 rings (SSSR count). The van der Waals surface area contributed by atoms with Crippen molar-refractivity contribution in [3.8, 4) is 5.75 Å². The summed E-state index contributed by atoms with van der Waals surface area (Å²) in [5.74, 6) is 2.18. The second-order valence-electron chi connectivity index (χ2n) is 7.26. The Balaban J connectivity index is 1.48. The second kappa shape index (κ2) is 7.50. The predicted molar refractivity (Wildman–Crippen MR) is 105 cm³/mol. The van der Waals surface area contributed by atoms with E-state index in [1.54, 1.807) is 18.0 Å². The fourth-order valence-corrected chi connectivity index (χ4v) is 4.73.